The summed E-state index contributed by atoms with van der Waals surface area (Å²) in [5.74, 6) is -0.388. The predicted octanol–water partition coefficient (Wildman–Crippen LogP) is 1.68. The first-order chi connectivity index (χ1) is 8.37. The third-order valence-electron chi connectivity index (χ3n) is 4.10. The van der Waals surface area contributed by atoms with Gasteiger partial charge in [0.1, 0.15) is 0 Å². The topological polar surface area (TPSA) is 49.9 Å². The molecule has 1 saturated heterocycles. The minimum Gasteiger partial charge on any atom is -0.441 e. The van der Waals surface area contributed by atoms with Crippen molar-refractivity contribution in [2.24, 2.45) is 11.3 Å². The Balaban J connectivity index is 2.18. The number of carbonyl (C=O) groups excluding carboxylic acids is 2. The standard InChI is InChI=1S/C13H22N2O3/c1-9(2)10(16)18-11-13(6-5-7-13)8-14(3)12(17)15(11)4/h9,11H,5-8H2,1-4H3. The minimum absolute atomic E-state index is 0.0536. The van der Waals surface area contributed by atoms with Crippen molar-refractivity contribution in [1.82, 2.24) is 9.80 Å². The molecule has 1 aliphatic carbocycles. The number of hydrogen-bond acceptors (Lipinski definition) is 3. The molecular formula is C13H22N2O3. The second-order valence-corrected chi connectivity index (χ2v) is 5.91. The Kier molecular flexibility index (Phi) is 3.25. The Morgan fingerprint density at radius 1 is 1.39 bits per heavy atom. The van der Waals surface area contributed by atoms with Crippen molar-refractivity contribution in [3.8, 4) is 0 Å². The van der Waals surface area contributed by atoms with Crippen molar-refractivity contribution in [3.05, 3.63) is 0 Å². The van der Waals surface area contributed by atoms with E-state index < -0.39 is 6.23 Å². The Hall–Kier alpha value is -1.26. The Bertz CT molecular complexity index is 363. The summed E-state index contributed by atoms with van der Waals surface area (Å²) in [6, 6.07) is -0.0749. The lowest BCUT2D eigenvalue weighted by Gasteiger charge is -2.55. The van der Waals surface area contributed by atoms with E-state index in [9.17, 15) is 9.59 Å². The quantitative estimate of drug-likeness (QED) is 0.704. The maximum absolute atomic E-state index is 12.0. The number of amides is 2. The van der Waals surface area contributed by atoms with Crippen molar-refractivity contribution in [3.63, 3.8) is 0 Å². The zero-order valence-corrected chi connectivity index (χ0v) is 11.6. The second-order valence-electron chi connectivity index (χ2n) is 5.91. The molecule has 5 heteroatoms. The van der Waals surface area contributed by atoms with Gasteiger partial charge in [-0.3, -0.25) is 9.69 Å². The van der Waals surface area contributed by atoms with Crippen LogP contribution >= 0.6 is 0 Å². The van der Waals surface area contributed by atoms with Gasteiger partial charge in [0.2, 0.25) is 0 Å². The van der Waals surface area contributed by atoms with Gasteiger partial charge < -0.3 is 9.64 Å². The fourth-order valence-corrected chi connectivity index (χ4v) is 2.88. The van der Waals surface area contributed by atoms with Crippen LogP contribution in [-0.4, -0.2) is 48.7 Å². The van der Waals surface area contributed by atoms with E-state index in [1.807, 2.05) is 13.8 Å². The van der Waals surface area contributed by atoms with E-state index in [1.54, 1.807) is 23.9 Å². The third kappa shape index (κ3) is 1.95. The van der Waals surface area contributed by atoms with Gasteiger partial charge in [-0.1, -0.05) is 20.3 Å². The molecule has 2 aliphatic rings. The van der Waals surface area contributed by atoms with E-state index >= 15 is 0 Å². The lowest BCUT2D eigenvalue weighted by molar-refractivity contribution is -0.191. The molecule has 102 valence electrons. The molecule has 1 heterocycles. The van der Waals surface area contributed by atoms with Crippen LogP contribution < -0.4 is 0 Å². The molecule has 0 radical (unpaired) electrons. The lowest BCUT2D eigenvalue weighted by atomic mass is 9.66. The zero-order chi connectivity index (χ0) is 13.5. The van der Waals surface area contributed by atoms with Gasteiger partial charge in [-0.25, -0.2) is 4.79 Å². The van der Waals surface area contributed by atoms with Crippen molar-refractivity contribution >= 4 is 12.0 Å². The van der Waals surface area contributed by atoms with Crippen LogP contribution in [0.5, 0.6) is 0 Å². The SMILES string of the molecule is CC(C)C(=O)OC1N(C)C(=O)N(C)CC12CCC2. The highest BCUT2D eigenvalue weighted by Gasteiger charge is 2.54. The Morgan fingerprint density at radius 2 is 2.00 bits per heavy atom. The van der Waals surface area contributed by atoms with Crippen LogP contribution in [0.2, 0.25) is 0 Å². The average Bonchev–Trinajstić information content (AvgIpc) is 2.27. The summed E-state index contributed by atoms with van der Waals surface area (Å²) >= 11 is 0. The number of rotatable bonds is 2. The van der Waals surface area contributed by atoms with E-state index in [2.05, 4.69) is 0 Å². The summed E-state index contributed by atoms with van der Waals surface area (Å²) in [4.78, 5) is 27.1. The maximum Gasteiger partial charge on any atom is 0.322 e. The molecule has 1 spiro atoms. The molecule has 0 aromatic heterocycles. The van der Waals surface area contributed by atoms with E-state index in [0.29, 0.717) is 6.54 Å². The first-order valence-corrected chi connectivity index (χ1v) is 6.56. The van der Waals surface area contributed by atoms with Gasteiger partial charge in [0.15, 0.2) is 6.23 Å². The lowest BCUT2D eigenvalue weighted by Crippen LogP contribution is -2.65. The predicted molar refractivity (Wildman–Crippen MR) is 66.8 cm³/mol. The van der Waals surface area contributed by atoms with E-state index in [4.69, 9.17) is 4.74 Å². The monoisotopic (exact) mass is 254 g/mol. The summed E-state index contributed by atoms with van der Waals surface area (Å²) in [5, 5.41) is 0. The van der Waals surface area contributed by atoms with Crippen LogP contribution in [0.3, 0.4) is 0 Å². The third-order valence-corrected chi connectivity index (χ3v) is 4.10. The number of carbonyl (C=O) groups is 2. The van der Waals surface area contributed by atoms with Gasteiger partial charge in [0, 0.05) is 26.1 Å². The largest absolute Gasteiger partial charge is 0.441 e. The molecule has 2 fully saturated rings. The smallest absolute Gasteiger partial charge is 0.322 e. The van der Waals surface area contributed by atoms with E-state index in [1.165, 1.54) is 0 Å². The fraction of sp³-hybridized carbons (Fsp3) is 0.846. The molecule has 2 rings (SSSR count). The molecule has 1 atom stereocenters. The second kappa shape index (κ2) is 4.44. The minimum atomic E-state index is -0.398. The highest BCUT2D eigenvalue weighted by Crippen LogP contribution is 2.48. The van der Waals surface area contributed by atoms with E-state index in [-0.39, 0.29) is 23.3 Å². The highest BCUT2D eigenvalue weighted by molar-refractivity contribution is 5.77. The zero-order valence-electron chi connectivity index (χ0n) is 11.6. The van der Waals surface area contributed by atoms with Crippen LogP contribution in [0.4, 0.5) is 4.79 Å². The van der Waals surface area contributed by atoms with Gasteiger partial charge in [0.05, 0.1) is 5.92 Å². The molecule has 0 bridgehead atoms. The highest BCUT2D eigenvalue weighted by atomic mass is 16.6. The summed E-state index contributed by atoms with van der Waals surface area (Å²) in [6.45, 7) is 4.31. The van der Waals surface area contributed by atoms with Crippen LogP contribution in [0.15, 0.2) is 0 Å². The van der Waals surface area contributed by atoms with Gasteiger partial charge in [-0.15, -0.1) is 0 Å². The normalized spacial score (nSPS) is 26.5. The first kappa shape index (κ1) is 13.2. The van der Waals surface area contributed by atoms with Crippen LogP contribution in [0.25, 0.3) is 0 Å². The molecule has 18 heavy (non-hydrogen) atoms. The number of hydrogen-bond donors (Lipinski definition) is 0. The first-order valence-electron chi connectivity index (χ1n) is 6.56. The number of esters is 1. The molecule has 1 saturated carbocycles. The van der Waals surface area contributed by atoms with Crippen molar-refractivity contribution < 1.29 is 14.3 Å². The van der Waals surface area contributed by atoms with Crippen molar-refractivity contribution in [1.29, 1.82) is 0 Å². The maximum atomic E-state index is 12.0. The summed E-state index contributed by atoms with van der Waals surface area (Å²) in [6.07, 6.45) is 2.78. The average molecular weight is 254 g/mol. The fourth-order valence-electron chi connectivity index (χ4n) is 2.88. The van der Waals surface area contributed by atoms with Crippen LogP contribution in [0, 0.1) is 11.3 Å². The van der Waals surface area contributed by atoms with Gasteiger partial charge >= 0.3 is 12.0 Å². The molecular weight excluding hydrogens is 232 g/mol. The summed E-state index contributed by atoms with van der Waals surface area (Å²) < 4.78 is 5.58. The molecule has 5 nitrogen and oxygen atoms in total. The molecule has 0 aromatic carbocycles. The molecule has 0 aromatic rings. The number of ether oxygens (including phenoxy) is 1. The molecule has 2 amide bonds. The van der Waals surface area contributed by atoms with Crippen molar-refractivity contribution in [2.75, 3.05) is 20.6 Å². The molecule has 0 N–H and O–H groups in total. The number of urea groups is 1. The van der Waals surface area contributed by atoms with Crippen LogP contribution in [0.1, 0.15) is 33.1 Å². The molecule has 1 aliphatic heterocycles. The Labute approximate surface area is 108 Å². The van der Waals surface area contributed by atoms with Gasteiger partial charge in [-0.2, -0.15) is 0 Å². The Morgan fingerprint density at radius 3 is 2.44 bits per heavy atom. The van der Waals surface area contributed by atoms with Crippen LogP contribution in [-0.2, 0) is 9.53 Å². The van der Waals surface area contributed by atoms with E-state index in [0.717, 1.165) is 19.3 Å². The van der Waals surface area contributed by atoms with Gasteiger partial charge in [0.25, 0.3) is 0 Å². The summed E-state index contributed by atoms with van der Waals surface area (Å²) in [5.41, 5.74) is -0.0536. The molecule has 1 unspecified atom stereocenters. The summed E-state index contributed by atoms with van der Waals surface area (Å²) in [7, 11) is 3.52. The van der Waals surface area contributed by atoms with Gasteiger partial charge in [-0.05, 0) is 12.8 Å². The number of nitrogens with zero attached hydrogens (tertiary/aromatic N) is 2. The van der Waals surface area contributed by atoms with Crippen molar-refractivity contribution in [2.45, 2.75) is 39.3 Å².